The Morgan fingerprint density at radius 1 is 1.21 bits per heavy atom. The van der Waals surface area contributed by atoms with E-state index in [2.05, 4.69) is 0 Å². The summed E-state index contributed by atoms with van der Waals surface area (Å²) >= 11 is 0. The molecule has 19 heavy (non-hydrogen) atoms. The fourth-order valence-corrected chi connectivity index (χ4v) is 1.90. The number of hydrogen-bond donors (Lipinski definition) is 1. The first-order valence-corrected chi connectivity index (χ1v) is 6.22. The third-order valence-corrected chi connectivity index (χ3v) is 2.90. The lowest BCUT2D eigenvalue weighted by Gasteiger charge is -2.14. The third-order valence-electron chi connectivity index (χ3n) is 2.90. The smallest absolute Gasteiger partial charge is 0.125 e. The summed E-state index contributed by atoms with van der Waals surface area (Å²) in [6, 6.07) is 12.0. The number of hydrogen-bond acceptors (Lipinski definition) is 2. The number of aliphatic hydroxyl groups excluding tert-OH is 1. The van der Waals surface area contributed by atoms with Crippen molar-refractivity contribution in [2.24, 2.45) is 0 Å². The predicted octanol–water partition coefficient (Wildman–Crippen LogP) is 3.77. The summed E-state index contributed by atoms with van der Waals surface area (Å²) in [6.07, 6.45) is -0.594. The molecule has 2 rings (SSSR count). The zero-order valence-corrected chi connectivity index (χ0v) is 11.1. The van der Waals surface area contributed by atoms with Gasteiger partial charge < -0.3 is 9.84 Å². The Morgan fingerprint density at radius 2 is 2.00 bits per heavy atom. The second-order valence-electron chi connectivity index (χ2n) is 4.64. The molecule has 2 aromatic rings. The average Bonchev–Trinajstić information content (AvgIpc) is 2.36. The molecule has 0 saturated heterocycles. The van der Waals surface area contributed by atoms with Gasteiger partial charge >= 0.3 is 0 Å². The summed E-state index contributed by atoms with van der Waals surface area (Å²) in [6.45, 7) is 3.93. The lowest BCUT2D eigenvalue weighted by atomic mass is 10.1. The minimum absolute atomic E-state index is 0.277. The van der Waals surface area contributed by atoms with Crippen molar-refractivity contribution in [3.8, 4) is 5.75 Å². The van der Waals surface area contributed by atoms with E-state index >= 15 is 0 Å². The van der Waals surface area contributed by atoms with Gasteiger partial charge in [-0.15, -0.1) is 0 Å². The Hall–Kier alpha value is -1.87. The van der Waals surface area contributed by atoms with E-state index in [1.165, 1.54) is 12.1 Å². The van der Waals surface area contributed by atoms with Crippen LogP contribution in [-0.4, -0.2) is 5.11 Å². The van der Waals surface area contributed by atoms with E-state index in [0.29, 0.717) is 5.75 Å². The van der Waals surface area contributed by atoms with E-state index in [0.717, 1.165) is 16.7 Å². The fourth-order valence-electron chi connectivity index (χ4n) is 1.90. The maximum Gasteiger partial charge on any atom is 0.125 e. The third kappa shape index (κ3) is 3.55. The highest BCUT2D eigenvalue weighted by Gasteiger charge is 2.09. The second kappa shape index (κ2) is 5.85. The number of aryl methyl sites for hydroxylation is 1. The van der Waals surface area contributed by atoms with Gasteiger partial charge in [0, 0.05) is 5.56 Å². The standard InChI is InChI=1S/C16H17FO2/c1-11-6-7-15(12(2)18)16(8-11)19-10-13-4-3-5-14(17)9-13/h3-9,12,18H,10H2,1-2H3. The van der Waals surface area contributed by atoms with E-state index < -0.39 is 6.10 Å². The first kappa shape index (κ1) is 13.6. The molecule has 0 amide bonds. The molecular weight excluding hydrogens is 243 g/mol. The van der Waals surface area contributed by atoms with Crippen molar-refractivity contribution < 1.29 is 14.2 Å². The van der Waals surface area contributed by atoms with Crippen LogP contribution >= 0.6 is 0 Å². The number of benzene rings is 2. The van der Waals surface area contributed by atoms with Crippen LogP contribution in [0.25, 0.3) is 0 Å². The lowest BCUT2D eigenvalue weighted by molar-refractivity contribution is 0.190. The second-order valence-corrected chi connectivity index (χ2v) is 4.64. The van der Waals surface area contributed by atoms with E-state index in [4.69, 9.17) is 4.74 Å². The molecule has 0 aliphatic heterocycles. The van der Waals surface area contributed by atoms with Crippen LogP contribution in [0.2, 0.25) is 0 Å². The van der Waals surface area contributed by atoms with Gasteiger partial charge in [0.25, 0.3) is 0 Å². The Labute approximate surface area is 112 Å². The topological polar surface area (TPSA) is 29.5 Å². The maximum atomic E-state index is 13.1. The van der Waals surface area contributed by atoms with Crippen molar-refractivity contribution in [1.82, 2.24) is 0 Å². The normalized spacial score (nSPS) is 12.2. The molecule has 100 valence electrons. The van der Waals surface area contributed by atoms with Crippen LogP contribution in [0, 0.1) is 12.7 Å². The van der Waals surface area contributed by atoms with Gasteiger partial charge in [0.2, 0.25) is 0 Å². The Bertz CT molecular complexity index is 564. The van der Waals surface area contributed by atoms with Gasteiger partial charge in [0.05, 0.1) is 6.10 Å². The average molecular weight is 260 g/mol. The van der Waals surface area contributed by atoms with E-state index in [1.54, 1.807) is 19.1 Å². The summed E-state index contributed by atoms with van der Waals surface area (Å²) in [5.41, 5.74) is 2.55. The van der Waals surface area contributed by atoms with Crippen molar-refractivity contribution >= 4 is 0 Å². The molecule has 1 atom stereocenters. The van der Waals surface area contributed by atoms with Crippen LogP contribution in [0.15, 0.2) is 42.5 Å². The van der Waals surface area contributed by atoms with Crippen LogP contribution in [0.1, 0.15) is 29.7 Å². The molecule has 1 N–H and O–H groups in total. The van der Waals surface area contributed by atoms with Crippen molar-refractivity contribution in [2.45, 2.75) is 26.6 Å². The summed E-state index contributed by atoms with van der Waals surface area (Å²) in [4.78, 5) is 0. The maximum absolute atomic E-state index is 13.1. The van der Waals surface area contributed by atoms with Gasteiger partial charge in [0.15, 0.2) is 0 Å². The van der Waals surface area contributed by atoms with Crippen LogP contribution in [0.5, 0.6) is 5.75 Å². The summed E-state index contributed by atoms with van der Waals surface area (Å²) in [7, 11) is 0. The van der Waals surface area contributed by atoms with Gasteiger partial charge in [-0.3, -0.25) is 0 Å². The van der Waals surface area contributed by atoms with Gasteiger partial charge in [-0.1, -0.05) is 24.3 Å². The molecule has 0 spiro atoms. The molecule has 0 bridgehead atoms. The van der Waals surface area contributed by atoms with Crippen LogP contribution in [0.4, 0.5) is 4.39 Å². The molecule has 0 saturated carbocycles. The predicted molar refractivity (Wildman–Crippen MR) is 72.5 cm³/mol. The first-order chi connectivity index (χ1) is 9.06. The van der Waals surface area contributed by atoms with Gasteiger partial charge in [-0.25, -0.2) is 4.39 Å². The summed E-state index contributed by atoms with van der Waals surface area (Å²) in [5.74, 6) is 0.361. The molecule has 0 aromatic heterocycles. The first-order valence-electron chi connectivity index (χ1n) is 6.22. The number of ether oxygens (including phenoxy) is 1. The molecule has 2 nitrogen and oxygen atoms in total. The SMILES string of the molecule is Cc1ccc(C(C)O)c(OCc2cccc(F)c2)c1. The Kier molecular flexibility index (Phi) is 4.17. The van der Waals surface area contributed by atoms with Crippen molar-refractivity contribution in [3.63, 3.8) is 0 Å². The van der Waals surface area contributed by atoms with E-state index in [9.17, 15) is 9.50 Å². The molecule has 1 unspecified atom stereocenters. The van der Waals surface area contributed by atoms with Gasteiger partial charge in [-0.2, -0.15) is 0 Å². The molecule has 0 fully saturated rings. The number of aliphatic hydroxyl groups is 1. The fraction of sp³-hybridized carbons (Fsp3) is 0.250. The molecule has 0 aliphatic carbocycles. The van der Waals surface area contributed by atoms with E-state index in [1.807, 2.05) is 25.1 Å². The molecule has 0 radical (unpaired) electrons. The minimum Gasteiger partial charge on any atom is -0.489 e. The highest BCUT2D eigenvalue weighted by atomic mass is 19.1. The largest absolute Gasteiger partial charge is 0.489 e. The molecule has 2 aromatic carbocycles. The van der Waals surface area contributed by atoms with Crippen LogP contribution < -0.4 is 4.74 Å². The lowest BCUT2D eigenvalue weighted by Crippen LogP contribution is -2.01. The molecule has 0 aliphatic rings. The summed E-state index contributed by atoms with van der Waals surface area (Å²) < 4.78 is 18.8. The Balaban J connectivity index is 2.17. The van der Waals surface area contributed by atoms with Gasteiger partial charge in [-0.05, 0) is 43.2 Å². The Morgan fingerprint density at radius 3 is 2.68 bits per heavy atom. The summed E-state index contributed by atoms with van der Waals surface area (Å²) in [5, 5.41) is 9.70. The zero-order chi connectivity index (χ0) is 13.8. The molecular formula is C16H17FO2. The molecule has 3 heteroatoms. The minimum atomic E-state index is -0.594. The van der Waals surface area contributed by atoms with Crippen molar-refractivity contribution in [2.75, 3.05) is 0 Å². The van der Waals surface area contributed by atoms with Crippen molar-refractivity contribution in [1.29, 1.82) is 0 Å². The zero-order valence-electron chi connectivity index (χ0n) is 11.1. The highest BCUT2D eigenvalue weighted by Crippen LogP contribution is 2.27. The quantitative estimate of drug-likeness (QED) is 0.906. The van der Waals surface area contributed by atoms with Crippen LogP contribution in [-0.2, 0) is 6.61 Å². The van der Waals surface area contributed by atoms with E-state index in [-0.39, 0.29) is 12.4 Å². The highest BCUT2D eigenvalue weighted by molar-refractivity contribution is 5.38. The number of halogens is 1. The van der Waals surface area contributed by atoms with Gasteiger partial charge in [0.1, 0.15) is 18.2 Å². The molecule has 0 heterocycles. The van der Waals surface area contributed by atoms with Crippen molar-refractivity contribution in [3.05, 3.63) is 65.0 Å². The van der Waals surface area contributed by atoms with Crippen LogP contribution in [0.3, 0.4) is 0 Å². The number of rotatable bonds is 4. The monoisotopic (exact) mass is 260 g/mol.